The van der Waals surface area contributed by atoms with Crippen molar-refractivity contribution in [3.05, 3.63) is 45.1 Å². The standard InChI is InChI=1S/C16H18BrNS2/c17-13-9-10-19-16(13)11-18-14-7-3-4-8-15(14)20-12-5-1-2-6-12/h3-4,7-10,12,18H,1-2,5-6,11H2. The van der Waals surface area contributed by atoms with E-state index in [1.807, 2.05) is 11.8 Å². The highest BCUT2D eigenvalue weighted by Gasteiger charge is 2.17. The molecule has 1 heterocycles. The molecule has 1 nitrogen and oxygen atoms in total. The van der Waals surface area contributed by atoms with Gasteiger partial charge in [-0.3, -0.25) is 0 Å². The highest BCUT2D eigenvalue weighted by Crippen LogP contribution is 2.38. The lowest BCUT2D eigenvalue weighted by Crippen LogP contribution is -2.01. The Morgan fingerprint density at radius 1 is 1.20 bits per heavy atom. The summed E-state index contributed by atoms with van der Waals surface area (Å²) in [6, 6.07) is 10.8. The van der Waals surface area contributed by atoms with Gasteiger partial charge in [0.2, 0.25) is 0 Å². The molecule has 1 saturated carbocycles. The molecule has 0 amide bonds. The van der Waals surface area contributed by atoms with Crippen LogP contribution in [0.15, 0.2) is 45.1 Å². The van der Waals surface area contributed by atoms with Gasteiger partial charge >= 0.3 is 0 Å². The molecule has 1 aromatic carbocycles. The maximum atomic E-state index is 3.59. The number of para-hydroxylation sites is 1. The molecule has 4 heteroatoms. The van der Waals surface area contributed by atoms with Crippen LogP contribution >= 0.6 is 39.0 Å². The van der Waals surface area contributed by atoms with Crippen LogP contribution in [0.5, 0.6) is 0 Å². The topological polar surface area (TPSA) is 12.0 Å². The summed E-state index contributed by atoms with van der Waals surface area (Å²) in [5, 5.41) is 6.53. The quantitative estimate of drug-likeness (QED) is 0.679. The van der Waals surface area contributed by atoms with Crippen molar-refractivity contribution in [3.63, 3.8) is 0 Å². The van der Waals surface area contributed by atoms with Crippen molar-refractivity contribution in [2.45, 2.75) is 42.4 Å². The second kappa shape index (κ2) is 7.01. The first-order valence-corrected chi connectivity index (χ1v) is 9.59. The van der Waals surface area contributed by atoms with Crippen LogP contribution in [0.1, 0.15) is 30.6 Å². The molecule has 0 saturated heterocycles. The van der Waals surface area contributed by atoms with Crippen molar-refractivity contribution >= 4 is 44.7 Å². The molecule has 2 aromatic rings. The van der Waals surface area contributed by atoms with Crippen molar-refractivity contribution in [1.29, 1.82) is 0 Å². The molecule has 0 aliphatic heterocycles. The fourth-order valence-corrected chi connectivity index (χ4v) is 5.31. The number of rotatable bonds is 5. The Hall–Kier alpha value is -0.450. The number of anilines is 1. The van der Waals surface area contributed by atoms with Crippen molar-refractivity contribution in [2.75, 3.05) is 5.32 Å². The van der Waals surface area contributed by atoms with E-state index >= 15 is 0 Å². The smallest absolute Gasteiger partial charge is 0.0505 e. The third-order valence-electron chi connectivity index (χ3n) is 3.61. The molecule has 0 atom stereocenters. The van der Waals surface area contributed by atoms with Gasteiger partial charge in [-0.15, -0.1) is 23.1 Å². The second-order valence-corrected chi connectivity index (χ2v) is 8.26. The first-order valence-electron chi connectivity index (χ1n) is 7.04. The van der Waals surface area contributed by atoms with Crippen molar-refractivity contribution in [1.82, 2.24) is 0 Å². The van der Waals surface area contributed by atoms with E-state index in [0.29, 0.717) is 0 Å². The van der Waals surface area contributed by atoms with E-state index in [-0.39, 0.29) is 0 Å². The van der Waals surface area contributed by atoms with E-state index in [9.17, 15) is 0 Å². The van der Waals surface area contributed by atoms with E-state index in [0.717, 1.165) is 11.8 Å². The molecule has 20 heavy (non-hydrogen) atoms. The van der Waals surface area contributed by atoms with Gasteiger partial charge in [0.1, 0.15) is 0 Å². The lowest BCUT2D eigenvalue weighted by molar-refractivity contribution is 0.886. The number of hydrogen-bond acceptors (Lipinski definition) is 3. The molecule has 1 aliphatic rings. The van der Waals surface area contributed by atoms with Gasteiger partial charge in [0.05, 0.1) is 6.54 Å². The summed E-state index contributed by atoms with van der Waals surface area (Å²) in [7, 11) is 0. The monoisotopic (exact) mass is 367 g/mol. The summed E-state index contributed by atoms with van der Waals surface area (Å²) in [4.78, 5) is 2.75. The van der Waals surface area contributed by atoms with Gasteiger partial charge in [0.15, 0.2) is 0 Å². The first-order chi connectivity index (χ1) is 9.83. The van der Waals surface area contributed by atoms with Crippen LogP contribution in [0.3, 0.4) is 0 Å². The molecule has 0 unspecified atom stereocenters. The number of halogens is 1. The van der Waals surface area contributed by atoms with Crippen LogP contribution in [0, 0.1) is 0 Å². The average molecular weight is 368 g/mol. The molecule has 0 spiro atoms. The number of hydrogen-bond donors (Lipinski definition) is 1. The van der Waals surface area contributed by atoms with E-state index < -0.39 is 0 Å². The van der Waals surface area contributed by atoms with Crippen LogP contribution in [0.2, 0.25) is 0 Å². The molecular weight excluding hydrogens is 350 g/mol. The van der Waals surface area contributed by atoms with E-state index in [4.69, 9.17) is 0 Å². The summed E-state index contributed by atoms with van der Waals surface area (Å²) >= 11 is 7.43. The lowest BCUT2D eigenvalue weighted by atomic mass is 10.3. The summed E-state index contributed by atoms with van der Waals surface area (Å²) in [5.74, 6) is 0. The maximum Gasteiger partial charge on any atom is 0.0505 e. The van der Waals surface area contributed by atoms with Gasteiger partial charge in [-0.1, -0.05) is 25.0 Å². The van der Waals surface area contributed by atoms with Crippen LogP contribution in [0.4, 0.5) is 5.69 Å². The molecule has 106 valence electrons. The largest absolute Gasteiger partial charge is 0.379 e. The normalized spacial score (nSPS) is 15.7. The van der Waals surface area contributed by atoms with Crippen LogP contribution in [0.25, 0.3) is 0 Å². The molecular formula is C16H18BrNS2. The Bertz CT molecular complexity index is 561. The molecule has 3 rings (SSSR count). The van der Waals surface area contributed by atoms with Gasteiger partial charge in [-0.25, -0.2) is 0 Å². The van der Waals surface area contributed by atoms with Crippen LogP contribution in [-0.4, -0.2) is 5.25 Å². The zero-order valence-electron chi connectivity index (χ0n) is 11.3. The van der Waals surface area contributed by atoms with Crippen molar-refractivity contribution < 1.29 is 0 Å². The zero-order valence-corrected chi connectivity index (χ0v) is 14.5. The highest BCUT2D eigenvalue weighted by atomic mass is 79.9. The minimum Gasteiger partial charge on any atom is -0.379 e. The molecule has 0 radical (unpaired) electrons. The van der Waals surface area contributed by atoms with Crippen molar-refractivity contribution in [3.8, 4) is 0 Å². The Balaban J connectivity index is 1.67. The summed E-state index contributed by atoms with van der Waals surface area (Å²) in [5.41, 5.74) is 1.27. The number of nitrogens with one attached hydrogen (secondary N) is 1. The Kier molecular flexibility index (Phi) is 5.08. The van der Waals surface area contributed by atoms with E-state index in [2.05, 4.69) is 57.0 Å². The molecule has 1 fully saturated rings. The Labute approximate surface area is 137 Å². The van der Waals surface area contributed by atoms with Crippen molar-refractivity contribution in [2.24, 2.45) is 0 Å². The highest BCUT2D eigenvalue weighted by molar-refractivity contribution is 9.10. The fraction of sp³-hybridized carbons (Fsp3) is 0.375. The van der Waals surface area contributed by atoms with E-state index in [1.165, 1.54) is 45.6 Å². The Morgan fingerprint density at radius 3 is 2.75 bits per heavy atom. The molecule has 0 bridgehead atoms. The number of thioether (sulfide) groups is 1. The minimum atomic E-state index is 0.812. The first kappa shape index (κ1) is 14.5. The third-order valence-corrected chi connectivity index (χ3v) is 6.95. The summed E-state index contributed by atoms with van der Waals surface area (Å²) in [6.45, 7) is 0.889. The number of benzene rings is 1. The Morgan fingerprint density at radius 2 is 2.00 bits per heavy atom. The van der Waals surface area contributed by atoms with Gasteiger partial charge in [-0.05, 0) is 52.4 Å². The summed E-state index contributed by atoms with van der Waals surface area (Å²) in [6.07, 6.45) is 5.54. The predicted molar refractivity (Wildman–Crippen MR) is 93.9 cm³/mol. The zero-order chi connectivity index (χ0) is 13.8. The number of thiophene rings is 1. The second-order valence-electron chi connectivity index (χ2n) is 5.07. The van der Waals surface area contributed by atoms with E-state index in [1.54, 1.807) is 11.3 Å². The minimum absolute atomic E-state index is 0.812. The molecule has 1 N–H and O–H groups in total. The van der Waals surface area contributed by atoms with Crippen LogP contribution < -0.4 is 5.32 Å². The third kappa shape index (κ3) is 3.60. The van der Waals surface area contributed by atoms with Gasteiger partial charge < -0.3 is 5.32 Å². The van der Waals surface area contributed by atoms with Gasteiger partial charge in [0, 0.05) is 25.2 Å². The van der Waals surface area contributed by atoms with Crippen LogP contribution in [-0.2, 0) is 6.54 Å². The van der Waals surface area contributed by atoms with Gasteiger partial charge in [-0.2, -0.15) is 0 Å². The lowest BCUT2D eigenvalue weighted by Gasteiger charge is -2.14. The SMILES string of the molecule is Brc1ccsc1CNc1ccccc1SC1CCCC1. The van der Waals surface area contributed by atoms with Gasteiger partial charge in [0.25, 0.3) is 0 Å². The predicted octanol–water partition coefficient (Wildman–Crippen LogP) is 6.16. The fourth-order valence-electron chi connectivity index (χ4n) is 2.53. The maximum absolute atomic E-state index is 3.59. The average Bonchev–Trinajstić information content (AvgIpc) is 3.10. The molecule has 1 aromatic heterocycles. The molecule has 1 aliphatic carbocycles. The summed E-state index contributed by atoms with van der Waals surface area (Å²) < 4.78 is 1.20.